The molecular formula is C27H22F4NO7PS. The first-order valence-corrected chi connectivity index (χ1v) is 12.0. The highest BCUT2D eigenvalue weighted by atomic mass is 32.1. The number of likely N-dealkylation sites (tertiary alicyclic amines) is 1. The molecule has 2 amide bonds. The van der Waals surface area contributed by atoms with E-state index in [0.717, 1.165) is 24.3 Å². The molecule has 41 heavy (non-hydrogen) atoms. The van der Waals surface area contributed by atoms with E-state index in [0.29, 0.717) is 12.8 Å². The second kappa shape index (κ2) is 13.0. The Morgan fingerprint density at radius 1 is 0.976 bits per heavy atom. The minimum atomic E-state index is -1.25. The molecule has 0 aromatic heterocycles. The highest BCUT2D eigenvalue weighted by Crippen LogP contribution is 2.44. The van der Waals surface area contributed by atoms with E-state index in [1.165, 1.54) is 11.9 Å². The van der Waals surface area contributed by atoms with E-state index in [9.17, 15) is 37.5 Å². The van der Waals surface area contributed by atoms with Crippen LogP contribution in [0.1, 0.15) is 30.6 Å². The zero-order valence-corrected chi connectivity index (χ0v) is 22.4. The fraction of sp³-hybridized carbons (Fsp3) is 0.148. The lowest BCUT2D eigenvalue weighted by molar-refractivity contribution is -0.136. The van der Waals surface area contributed by atoms with Crippen LogP contribution in [0.3, 0.4) is 0 Å². The number of thiol groups is 1. The minimum absolute atomic E-state index is 0. The molecule has 1 atom stereocenters. The Kier molecular flexibility index (Phi) is 10.5. The van der Waals surface area contributed by atoms with Crippen LogP contribution in [0.2, 0.25) is 0 Å². The molecule has 1 saturated heterocycles. The summed E-state index contributed by atoms with van der Waals surface area (Å²) in [6.45, 7) is 2.00. The van der Waals surface area contributed by atoms with Gasteiger partial charge >= 0.3 is 0 Å². The number of hydrogen-bond acceptors (Lipinski definition) is 8. The van der Waals surface area contributed by atoms with Crippen LogP contribution in [0.5, 0.6) is 5.75 Å². The maximum Gasteiger partial charge on any atom is 0.229 e. The van der Waals surface area contributed by atoms with Crippen LogP contribution in [-0.4, -0.2) is 41.9 Å². The van der Waals surface area contributed by atoms with Crippen LogP contribution < -0.4 is 10.7 Å². The Morgan fingerprint density at radius 2 is 1.56 bits per heavy atom. The van der Waals surface area contributed by atoms with E-state index in [-0.39, 0.29) is 58.7 Å². The molecule has 2 aromatic rings. The quantitative estimate of drug-likeness (QED) is 0.0846. The van der Waals surface area contributed by atoms with Gasteiger partial charge in [-0.2, -0.15) is 0 Å². The lowest BCUT2D eigenvalue weighted by atomic mass is 9.90. The maximum atomic E-state index is 15.2. The molecular weight excluding hydrogens is 589 g/mol. The molecule has 1 N–H and O–H groups in total. The van der Waals surface area contributed by atoms with E-state index in [1.807, 2.05) is 16.0 Å². The largest absolute Gasteiger partial charge is 0.505 e. The monoisotopic (exact) mass is 611 g/mol. The van der Waals surface area contributed by atoms with Gasteiger partial charge in [-0.15, -0.1) is 21.9 Å². The molecule has 0 bridgehead atoms. The number of aromatic hydroxyl groups is 1. The van der Waals surface area contributed by atoms with Crippen LogP contribution in [-0.2, 0) is 14.4 Å². The normalized spacial score (nSPS) is 12.4. The van der Waals surface area contributed by atoms with E-state index in [1.54, 1.807) is 0 Å². The smallest absolute Gasteiger partial charge is 0.229 e. The topological polar surface area (TPSA) is 122 Å². The molecule has 3 aliphatic rings. The molecule has 1 unspecified atom stereocenters. The summed E-state index contributed by atoms with van der Waals surface area (Å²) >= 11 is 3.81. The van der Waals surface area contributed by atoms with Gasteiger partial charge in [0.05, 0.1) is 4.90 Å². The Bertz CT molecular complexity index is 1710. The Morgan fingerprint density at radius 3 is 2.07 bits per heavy atom. The molecule has 14 heteroatoms. The molecule has 8 nitrogen and oxygen atoms in total. The Hall–Kier alpha value is -4.09. The third kappa shape index (κ3) is 6.01. The van der Waals surface area contributed by atoms with Crippen molar-refractivity contribution in [2.75, 3.05) is 7.05 Å². The van der Waals surface area contributed by atoms with Gasteiger partial charge in [-0.05, 0) is 12.1 Å². The predicted octanol–water partition coefficient (Wildman–Crippen LogP) is 4.64. The molecule has 0 radical (unpaired) electrons. The lowest BCUT2D eigenvalue weighted by Gasteiger charge is -2.19. The summed E-state index contributed by atoms with van der Waals surface area (Å²) in [5.41, 5.74) is -2.55. The number of phenols is 1. The molecule has 5 rings (SSSR count). The fourth-order valence-electron chi connectivity index (χ4n) is 3.94. The highest BCUT2D eigenvalue weighted by Gasteiger charge is 2.28. The number of phenolic OH excluding ortho intramolecular Hbond substituents is 1. The number of amides is 2. The third-order valence-corrected chi connectivity index (χ3v) is 6.90. The van der Waals surface area contributed by atoms with Crippen molar-refractivity contribution in [2.24, 2.45) is 0 Å². The van der Waals surface area contributed by atoms with Crippen LogP contribution in [0.4, 0.5) is 17.6 Å². The number of aldehydes is 1. The van der Waals surface area contributed by atoms with Gasteiger partial charge in [0.1, 0.15) is 29.8 Å². The first-order chi connectivity index (χ1) is 18.9. The summed E-state index contributed by atoms with van der Waals surface area (Å²) in [5, 5.41) is 9.21. The minimum Gasteiger partial charge on any atom is -0.505 e. The molecule has 1 fully saturated rings. The van der Waals surface area contributed by atoms with Gasteiger partial charge in [0.2, 0.25) is 17.2 Å². The van der Waals surface area contributed by atoms with Crippen molar-refractivity contribution in [1.29, 1.82) is 0 Å². The number of carbonyl (C=O) groups excluding carboxylic acids is 4. The standard InChI is InChI=1S/C20H9F4O4PS.C5H7NO2.CH2O.CH4/c21-9-1-6-13(3-11(9)26)28-14-4-12(27)10(22)2-7(14)15(6)16-8(5-25)19(29)18(24)20(30)17(16)23;1-6-4(7)2-3-5(6)8;1-2;/h1-5,26,30H,29H2;2-3H2,1H3;1H2;1H4. The third-order valence-electron chi connectivity index (χ3n) is 5.94. The van der Waals surface area contributed by atoms with Gasteiger partial charge in [0, 0.05) is 65.0 Å². The average molecular weight is 612 g/mol. The summed E-state index contributed by atoms with van der Waals surface area (Å²) in [6, 6.07) is 3.22. The van der Waals surface area contributed by atoms with Gasteiger partial charge in [-0.3, -0.25) is 24.1 Å². The SMILES string of the molecule is C.C=O.CN1C(=O)CCC1=O.O=Cc1c(P)c(F)c(S)c(F)c1-c1c2cc(F)c(=O)cc-2oc2cc(O)c(F)cc12. The van der Waals surface area contributed by atoms with Crippen LogP contribution in [0.15, 0.2) is 38.4 Å². The predicted molar refractivity (Wildman–Crippen MR) is 149 cm³/mol. The molecule has 2 aliphatic heterocycles. The van der Waals surface area contributed by atoms with Gasteiger partial charge in [0.15, 0.2) is 23.7 Å². The van der Waals surface area contributed by atoms with Crippen molar-refractivity contribution in [3.8, 4) is 28.2 Å². The molecule has 1 aliphatic carbocycles. The second-order valence-corrected chi connectivity index (χ2v) is 9.22. The number of hydrogen-bond donors (Lipinski definition) is 2. The van der Waals surface area contributed by atoms with Crippen molar-refractivity contribution in [3.63, 3.8) is 0 Å². The molecule has 2 heterocycles. The number of fused-ring (bicyclic) bond motifs is 2. The van der Waals surface area contributed by atoms with E-state index in [2.05, 4.69) is 12.6 Å². The number of carbonyl (C=O) groups is 4. The van der Waals surface area contributed by atoms with Crippen LogP contribution >= 0.6 is 21.9 Å². The molecule has 0 spiro atoms. The fourth-order valence-corrected chi connectivity index (χ4v) is 4.65. The molecule has 0 saturated carbocycles. The van der Waals surface area contributed by atoms with Gasteiger partial charge in [0.25, 0.3) is 0 Å². The number of rotatable bonds is 2. The van der Waals surface area contributed by atoms with Gasteiger partial charge < -0.3 is 14.3 Å². The Balaban J connectivity index is 0.000000458. The number of nitrogens with zero attached hydrogens (tertiary/aromatic N) is 1. The van der Waals surface area contributed by atoms with Crippen molar-refractivity contribution >= 4 is 63.0 Å². The van der Waals surface area contributed by atoms with Crippen molar-refractivity contribution in [1.82, 2.24) is 4.90 Å². The van der Waals surface area contributed by atoms with Crippen LogP contribution in [0, 0.1) is 23.3 Å². The maximum absolute atomic E-state index is 15.2. The van der Waals surface area contributed by atoms with Crippen molar-refractivity contribution in [3.05, 3.63) is 63.3 Å². The average Bonchev–Trinajstić information content (AvgIpc) is 3.22. The summed E-state index contributed by atoms with van der Waals surface area (Å²) in [4.78, 5) is 52.9. The van der Waals surface area contributed by atoms with Crippen molar-refractivity contribution in [2.45, 2.75) is 25.2 Å². The number of halogens is 4. The van der Waals surface area contributed by atoms with Crippen molar-refractivity contribution < 1.29 is 46.3 Å². The first-order valence-electron chi connectivity index (χ1n) is 11.0. The van der Waals surface area contributed by atoms with Gasteiger partial charge in [-0.1, -0.05) is 7.43 Å². The molecule has 2 aromatic carbocycles. The molecule has 216 valence electrons. The zero-order chi connectivity index (χ0) is 30.0. The second-order valence-electron chi connectivity index (χ2n) is 8.20. The van der Waals surface area contributed by atoms with Crippen LogP contribution in [0.25, 0.3) is 33.4 Å². The zero-order valence-electron chi connectivity index (χ0n) is 20.4. The van der Waals surface area contributed by atoms with E-state index < -0.39 is 50.5 Å². The summed E-state index contributed by atoms with van der Waals surface area (Å²) in [6.07, 6.45) is 0.985. The van der Waals surface area contributed by atoms with Gasteiger partial charge in [-0.25, -0.2) is 17.6 Å². The first kappa shape index (κ1) is 33.1. The number of benzene rings is 3. The Labute approximate surface area is 237 Å². The summed E-state index contributed by atoms with van der Waals surface area (Å²) in [7, 11) is 3.47. The van der Waals surface area contributed by atoms with E-state index >= 15 is 4.39 Å². The summed E-state index contributed by atoms with van der Waals surface area (Å²) < 4.78 is 63.2. The highest BCUT2D eigenvalue weighted by molar-refractivity contribution is 7.80. The van der Waals surface area contributed by atoms with E-state index in [4.69, 9.17) is 9.21 Å². The lowest BCUT2D eigenvalue weighted by Crippen LogP contribution is -2.23. The summed E-state index contributed by atoms with van der Waals surface area (Å²) in [5.74, 6) is -5.79. The number of imide groups is 1.